The van der Waals surface area contributed by atoms with Crippen molar-refractivity contribution in [1.82, 2.24) is 0 Å². The molecule has 0 aliphatic heterocycles. The van der Waals surface area contributed by atoms with Gasteiger partial charge in [0.05, 0.1) is 6.61 Å². The van der Waals surface area contributed by atoms with Gasteiger partial charge in [-0.1, -0.05) is 20.3 Å². The van der Waals surface area contributed by atoms with E-state index in [9.17, 15) is 0 Å². The van der Waals surface area contributed by atoms with Crippen molar-refractivity contribution < 1.29 is 4.74 Å². The van der Waals surface area contributed by atoms with E-state index in [-0.39, 0.29) is 0 Å². The second-order valence-corrected chi connectivity index (χ2v) is 4.68. The topological polar surface area (TPSA) is 21.3 Å². The van der Waals surface area contributed by atoms with Gasteiger partial charge in [-0.3, -0.25) is 0 Å². The molecule has 0 spiro atoms. The fourth-order valence-electron chi connectivity index (χ4n) is 1.97. The normalized spacial score (nSPS) is 12.2. The minimum Gasteiger partial charge on any atom is -0.494 e. The molecule has 1 rings (SSSR count). The number of benzene rings is 1. The SMILES string of the molecule is CCCC(C)CNc1ccc(OCC)cc1C. The van der Waals surface area contributed by atoms with Gasteiger partial charge in [0.25, 0.3) is 0 Å². The Hall–Kier alpha value is -1.18. The lowest BCUT2D eigenvalue weighted by Gasteiger charge is -2.15. The van der Waals surface area contributed by atoms with E-state index in [2.05, 4.69) is 38.2 Å². The van der Waals surface area contributed by atoms with E-state index in [1.807, 2.05) is 13.0 Å². The molecular weight excluding hydrogens is 210 g/mol. The Morgan fingerprint density at radius 1 is 1.29 bits per heavy atom. The monoisotopic (exact) mass is 235 g/mol. The van der Waals surface area contributed by atoms with E-state index in [0.29, 0.717) is 0 Å². The van der Waals surface area contributed by atoms with Gasteiger partial charge in [0, 0.05) is 12.2 Å². The van der Waals surface area contributed by atoms with E-state index in [1.165, 1.54) is 24.1 Å². The Labute approximate surface area is 105 Å². The van der Waals surface area contributed by atoms with Crippen LogP contribution in [0.25, 0.3) is 0 Å². The summed E-state index contributed by atoms with van der Waals surface area (Å²) in [4.78, 5) is 0. The molecule has 0 amide bonds. The molecule has 0 saturated heterocycles. The molecule has 0 bridgehead atoms. The van der Waals surface area contributed by atoms with E-state index >= 15 is 0 Å². The number of nitrogens with one attached hydrogen (secondary N) is 1. The van der Waals surface area contributed by atoms with Crippen molar-refractivity contribution in [2.45, 2.75) is 40.5 Å². The lowest BCUT2D eigenvalue weighted by Crippen LogP contribution is -2.11. The second kappa shape index (κ2) is 7.21. The van der Waals surface area contributed by atoms with Gasteiger partial charge in [-0.25, -0.2) is 0 Å². The predicted octanol–water partition coefficient (Wildman–Crippen LogP) is 4.24. The molecule has 0 aliphatic carbocycles. The summed E-state index contributed by atoms with van der Waals surface area (Å²) in [5.41, 5.74) is 2.47. The van der Waals surface area contributed by atoms with Crippen molar-refractivity contribution in [2.75, 3.05) is 18.5 Å². The standard InChI is InChI=1S/C15H25NO/c1-5-7-12(3)11-16-15-9-8-14(17-6-2)10-13(15)4/h8-10,12,16H,5-7,11H2,1-4H3. The highest BCUT2D eigenvalue weighted by Gasteiger charge is 2.03. The summed E-state index contributed by atoms with van der Waals surface area (Å²) in [6.07, 6.45) is 2.54. The Morgan fingerprint density at radius 3 is 2.65 bits per heavy atom. The molecule has 2 nitrogen and oxygen atoms in total. The molecule has 96 valence electrons. The van der Waals surface area contributed by atoms with Crippen LogP contribution < -0.4 is 10.1 Å². The van der Waals surface area contributed by atoms with Crippen molar-refractivity contribution in [3.8, 4) is 5.75 Å². The fraction of sp³-hybridized carbons (Fsp3) is 0.600. The van der Waals surface area contributed by atoms with Crippen molar-refractivity contribution in [2.24, 2.45) is 5.92 Å². The first-order valence-electron chi connectivity index (χ1n) is 6.64. The molecule has 0 heterocycles. The molecular formula is C15H25NO. The number of rotatable bonds is 7. The summed E-state index contributed by atoms with van der Waals surface area (Å²) in [6, 6.07) is 6.23. The van der Waals surface area contributed by atoms with E-state index in [1.54, 1.807) is 0 Å². The van der Waals surface area contributed by atoms with Crippen LogP contribution in [0, 0.1) is 12.8 Å². The zero-order valence-corrected chi connectivity index (χ0v) is 11.5. The minimum absolute atomic E-state index is 0.722. The Balaban J connectivity index is 2.54. The number of aryl methyl sites for hydroxylation is 1. The molecule has 0 saturated carbocycles. The Kier molecular flexibility index (Phi) is 5.88. The third kappa shape index (κ3) is 4.68. The fourth-order valence-corrected chi connectivity index (χ4v) is 1.97. The quantitative estimate of drug-likeness (QED) is 0.763. The zero-order valence-electron chi connectivity index (χ0n) is 11.5. The number of anilines is 1. The van der Waals surface area contributed by atoms with Gasteiger partial charge in [0.1, 0.15) is 5.75 Å². The Bertz CT molecular complexity index is 336. The maximum absolute atomic E-state index is 5.48. The first-order chi connectivity index (χ1) is 8.17. The highest BCUT2D eigenvalue weighted by atomic mass is 16.5. The average molecular weight is 235 g/mol. The third-order valence-electron chi connectivity index (χ3n) is 2.93. The smallest absolute Gasteiger partial charge is 0.119 e. The molecule has 0 fully saturated rings. The lowest BCUT2D eigenvalue weighted by molar-refractivity contribution is 0.340. The lowest BCUT2D eigenvalue weighted by atomic mass is 10.1. The first-order valence-corrected chi connectivity index (χ1v) is 6.64. The van der Waals surface area contributed by atoms with Crippen molar-refractivity contribution in [3.05, 3.63) is 23.8 Å². The van der Waals surface area contributed by atoms with Crippen molar-refractivity contribution >= 4 is 5.69 Å². The van der Waals surface area contributed by atoms with Crippen LogP contribution in [0.5, 0.6) is 5.75 Å². The van der Waals surface area contributed by atoms with E-state index in [0.717, 1.165) is 24.8 Å². The molecule has 0 aliphatic rings. The van der Waals surface area contributed by atoms with Gasteiger partial charge in [-0.05, 0) is 49.9 Å². The molecule has 1 atom stereocenters. The molecule has 2 heteroatoms. The molecule has 0 radical (unpaired) electrons. The van der Waals surface area contributed by atoms with Crippen LogP contribution in [0.4, 0.5) is 5.69 Å². The average Bonchev–Trinajstić information content (AvgIpc) is 2.29. The van der Waals surface area contributed by atoms with Crippen molar-refractivity contribution in [3.63, 3.8) is 0 Å². The number of ether oxygens (including phenoxy) is 1. The third-order valence-corrected chi connectivity index (χ3v) is 2.93. The second-order valence-electron chi connectivity index (χ2n) is 4.68. The van der Waals surface area contributed by atoms with Gasteiger partial charge >= 0.3 is 0 Å². The van der Waals surface area contributed by atoms with Crippen LogP contribution in [0.2, 0.25) is 0 Å². The highest BCUT2D eigenvalue weighted by molar-refractivity contribution is 5.53. The van der Waals surface area contributed by atoms with Gasteiger partial charge in [-0.2, -0.15) is 0 Å². The molecule has 1 aromatic carbocycles. The number of hydrogen-bond donors (Lipinski definition) is 1. The number of hydrogen-bond acceptors (Lipinski definition) is 2. The first kappa shape index (κ1) is 13.9. The highest BCUT2D eigenvalue weighted by Crippen LogP contribution is 2.21. The largest absolute Gasteiger partial charge is 0.494 e. The minimum atomic E-state index is 0.722. The maximum Gasteiger partial charge on any atom is 0.119 e. The Morgan fingerprint density at radius 2 is 2.06 bits per heavy atom. The predicted molar refractivity (Wildman–Crippen MR) is 74.9 cm³/mol. The van der Waals surface area contributed by atoms with E-state index in [4.69, 9.17) is 4.74 Å². The summed E-state index contributed by atoms with van der Waals surface area (Å²) >= 11 is 0. The van der Waals surface area contributed by atoms with Crippen LogP contribution in [0.3, 0.4) is 0 Å². The van der Waals surface area contributed by atoms with Gasteiger partial charge in [-0.15, -0.1) is 0 Å². The van der Waals surface area contributed by atoms with Gasteiger partial charge in [0.2, 0.25) is 0 Å². The van der Waals surface area contributed by atoms with Gasteiger partial charge in [0.15, 0.2) is 0 Å². The van der Waals surface area contributed by atoms with Crippen molar-refractivity contribution in [1.29, 1.82) is 0 Å². The summed E-state index contributed by atoms with van der Waals surface area (Å²) in [6.45, 7) is 10.4. The van der Waals surface area contributed by atoms with Crippen LogP contribution in [-0.4, -0.2) is 13.2 Å². The van der Waals surface area contributed by atoms with Crippen LogP contribution in [0.15, 0.2) is 18.2 Å². The molecule has 17 heavy (non-hydrogen) atoms. The van der Waals surface area contributed by atoms with Gasteiger partial charge < -0.3 is 10.1 Å². The molecule has 1 N–H and O–H groups in total. The van der Waals surface area contributed by atoms with Crippen LogP contribution in [0.1, 0.15) is 39.2 Å². The molecule has 0 aromatic heterocycles. The van der Waals surface area contributed by atoms with E-state index < -0.39 is 0 Å². The summed E-state index contributed by atoms with van der Waals surface area (Å²) in [7, 11) is 0. The maximum atomic E-state index is 5.48. The summed E-state index contributed by atoms with van der Waals surface area (Å²) in [5, 5.41) is 3.51. The van der Waals surface area contributed by atoms with Crippen LogP contribution in [-0.2, 0) is 0 Å². The summed E-state index contributed by atoms with van der Waals surface area (Å²) < 4.78 is 5.48. The molecule has 1 unspecified atom stereocenters. The van der Waals surface area contributed by atoms with Crippen LogP contribution >= 0.6 is 0 Å². The zero-order chi connectivity index (χ0) is 12.7. The molecule has 1 aromatic rings. The summed E-state index contributed by atoms with van der Waals surface area (Å²) in [5.74, 6) is 1.68.